The molecule has 3 rings (SSSR count). The molecule has 0 atom stereocenters. The normalized spacial score (nSPS) is 11.7. The van der Waals surface area contributed by atoms with Crippen molar-refractivity contribution in [2.24, 2.45) is 0 Å². The summed E-state index contributed by atoms with van der Waals surface area (Å²) < 4.78 is 52.8. The van der Waals surface area contributed by atoms with Crippen molar-refractivity contribution >= 4 is 26.7 Å². The number of nitrogens with one attached hydrogen (secondary N) is 3. The van der Waals surface area contributed by atoms with Gasteiger partial charge in [-0.05, 0) is 30.3 Å². The average Bonchev–Trinajstić information content (AvgIpc) is 2.81. The Labute approximate surface area is 122 Å². The standard InChI is InChI=1S/C13H9F2N3O3S/c14-7-1-3-10(9(15)5-7)18-22(20,21)8-2-4-11-12(6-8)17-13(19)16-11/h1-6,18H,(H2,16,17,19). The number of hydrogen-bond acceptors (Lipinski definition) is 3. The first kappa shape index (κ1) is 14.3. The minimum Gasteiger partial charge on any atom is -0.306 e. The van der Waals surface area contributed by atoms with E-state index in [1.54, 1.807) is 0 Å². The second-order valence-electron chi connectivity index (χ2n) is 4.52. The van der Waals surface area contributed by atoms with Crippen LogP contribution < -0.4 is 10.4 Å². The molecule has 0 unspecified atom stereocenters. The first-order chi connectivity index (χ1) is 10.3. The number of rotatable bonds is 3. The van der Waals surface area contributed by atoms with Gasteiger partial charge in [0, 0.05) is 6.07 Å². The Morgan fingerprint density at radius 1 is 0.955 bits per heavy atom. The van der Waals surface area contributed by atoms with Crippen LogP contribution in [0.5, 0.6) is 0 Å². The Kier molecular flexibility index (Phi) is 3.21. The first-order valence-corrected chi connectivity index (χ1v) is 7.53. The van der Waals surface area contributed by atoms with Crippen LogP contribution in [-0.4, -0.2) is 18.4 Å². The Morgan fingerprint density at radius 3 is 2.41 bits per heavy atom. The van der Waals surface area contributed by atoms with Gasteiger partial charge in [0.1, 0.15) is 11.6 Å². The Bertz CT molecular complexity index is 1020. The Balaban J connectivity index is 2.01. The number of imidazole rings is 1. The molecule has 0 saturated heterocycles. The average molecular weight is 325 g/mol. The predicted octanol–water partition coefficient (Wildman–Crippen LogP) is 1.94. The molecule has 3 aromatic rings. The van der Waals surface area contributed by atoms with Crippen LogP contribution >= 0.6 is 0 Å². The minimum absolute atomic E-state index is 0.168. The maximum Gasteiger partial charge on any atom is 0.323 e. The third-order valence-corrected chi connectivity index (χ3v) is 4.34. The Morgan fingerprint density at radius 2 is 1.68 bits per heavy atom. The van der Waals surface area contributed by atoms with Crippen molar-refractivity contribution in [1.82, 2.24) is 9.97 Å². The molecule has 9 heteroatoms. The van der Waals surface area contributed by atoms with Gasteiger partial charge in [0.05, 0.1) is 21.6 Å². The zero-order chi connectivity index (χ0) is 15.9. The summed E-state index contributed by atoms with van der Waals surface area (Å²) >= 11 is 0. The smallest absolute Gasteiger partial charge is 0.306 e. The molecular formula is C13H9F2N3O3S. The molecule has 0 saturated carbocycles. The fourth-order valence-corrected chi connectivity index (χ4v) is 3.05. The van der Waals surface area contributed by atoms with Crippen LogP contribution in [-0.2, 0) is 10.0 Å². The maximum absolute atomic E-state index is 13.5. The van der Waals surface area contributed by atoms with E-state index < -0.39 is 27.3 Å². The van der Waals surface area contributed by atoms with Crippen molar-refractivity contribution in [2.45, 2.75) is 4.90 Å². The van der Waals surface area contributed by atoms with Crippen molar-refractivity contribution in [3.05, 3.63) is 58.5 Å². The van der Waals surface area contributed by atoms with Crippen LogP contribution in [0, 0.1) is 11.6 Å². The van der Waals surface area contributed by atoms with Crippen LogP contribution in [0.1, 0.15) is 0 Å². The number of halogens is 2. The summed E-state index contributed by atoms with van der Waals surface area (Å²) in [6.07, 6.45) is 0. The number of aromatic amines is 2. The van der Waals surface area contributed by atoms with Gasteiger partial charge in [-0.1, -0.05) is 0 Å². The van der Waals surface area contributed by atoms with E-state index in [4.69, 9.17) is 0 Å². The molecule has 0 bridgehead atoms. The zero-order valence-electron chi connectivity index (χ0n) is 10.9. The van der Waals surface area contributed by atoms with E-state index in [0.717, 1.165) is 12.1 Å². The van der Waals surface area contributed by atoms with Crippen LogP contribution in [0.2, 0.25) is 0 Å². The number of anilines is 1. The molecule has 0 aliphatic rings. The van der Waals surface area contributed by atoms with Crippen molar-refractivity contribution in [3.8, 4) is 0 Å². The number of fused-ring (bicyclic) bond motifs is 1. The largest absolute Gasteiger partial charge is 0.323 e. The molecule has 0 aliphatic carbocycles. The quantitative estimate of drug-likeness (QED) is 0.687. The molecule has 3 N–H and O–H groups in total. The fraction of sp³-hybridized carbons (Fsp3) is 0. The van der Waals surface area contributed by atoms with Crippen molar-refractivity contribution < 1.29 is 17.2 Å². The van der Waals surface area contributed by atoms with E-state index in [1.807, 2.05) is 4.72 Å². The van der Waals surface area contributed by atoms with Gasteiger partial charge in [0.15, 0.2) is 0 Å². The molecule has 0 aliphatic heterocycles. The minimum atomic E-state index is -4.08. The highest BCUT2D eigenvalue weighted by atomic mass is 32.2. The van der Waals surface area contributed by atoms with Gasteiger partial charge in [-0.25, -0.2) is 22.0 Å². The molecule has 1 aromatic heterocycles. The van der Waals surface area contributed by atoms with E-state index in [0.29, 0.717) is 17.1 Å². The van der Waals surface area contributed by atoms with Crippen LogP contribution in [0.15, 0.2) is 46.1 Å². The molecule has 0 amide bonds. The molecule has 0 spiro atoms. The number of H-pyrrole nitrogens is 2. The molecule has 1 heterocycles. The van der Waals surface area contributed by atoms with Gasteiger partial charge in [0.2, 0.25) is 0 Å². The molecule has 6 nitrogen and oxygen atoms in total. The van der Waals surface area contributed by atoms with Gasteiger partial charge in [0.25, 0.3) is 10.0 Å². The second-order valence-corrected chi connectivity index (χ2v) is 6.20. The molecule has 2 aromatic carbocycles. The topological polar surface area (TPSA) is 94.8 Å². The highest BCUT2D eigenvalue weighted by Crippen LogP contribution is 2.21. The maximum atomic E-state index is 13.5. The SMILES string of the molecule is O=c1[nH]c2ccc(S(=O)(=O)Nc3ccc(F)cc3F)cc2[nH]1. The summed E-state index contributed by atoms with van der Waals surface area (Å²) in [5.74, 6) is -1.84. The lowest BCUT2D eigenvalue weighted by molar-refractivity contribution is 0.583. The van der Waals surface area contributed by atoms with Gasteiger partial charge >= 0.3 is 5.69 Å². The zero-order valence-corrected chi connectivity index (χ0v) is 11.7. The highest BCUT2D eigenvalue weighted by molar-refractivity contribution is 7.92. The lowest BCUT2D eigenvalue weighted by Crippen LogP contribution is -2.14. The molecular weight excluding hydrogens is 316 g/mol. The van der Waals surface area contributed by atoms with E-state index in [1.165, 1.54) is 18.2 Å². The summed E-state index contributed by atoms with van der Waals surface area (Å²) in [6, 6.07) is 6.40. The van der Waals surface area contributed by atoms with E-state index >= 15 is 0 Å². The molecule has 0 radical (unpaired) electrons. The van der Waals surface area contributed by atoms with Crippen molar-refractivity contribution in [1.29, 1.82) is 0 Å². The summed E-state index contributed by atoms with van der Waals surface area (Å²) in [6.45, 7) is 0. The second kappa shape index (κ2) is 4.95. The van der Waals surface area contributed by atoms with E-state index in [-0.39, 0.29) is 10.6 Å². The van der Waals surface area contributed by atoms with Gasteiger partial charge in [-0.3, -0.25) is 4.72 Å². The highest BCUT2D eigenvalue weighted by Gasteiger charge is 2.17. The van der Waals surface area contributed by atoms with Crippen molar-refractivity contribution in [3.63, 3.8) is 0 Å². The van der Waals surface area contributed by atoms with Gasteiger partial charge in [-0.15, -0.1) is 0 Å². The number of aromatic nitrogens is 2. The summed E-state index contributed by atoms with van der Waals surface area (Å²) in [7, 11) is -4.08. The van der Waals surface area contributed by atoms with Gasteiger partial charge in [-0.2, -0.15) is 0 Å². The summed E-state index contributed by atoms with van der Waals surface area (Å²) in [5, 5.41) is 0. The van der Waals surface area contributed by atoms with E-state index in [9.17, 15) is 22.0 Å². The lowest BCUT2D eigenvalue weighted by Gasteiger charge is -2.09. The van der Waals surface area contributed by atoms with E-state index in [2.05, 4.69) is 9.97 Å². The third kappa shape index (κ3) is 2.58. The molecule has 22 heavy (non-hydrogen) atoms. The first-order valence-electron chi connectivity index (χ1n) is 6.05. The predicted molar refractivity (Wildman–Crippen MR) is 76.1 cm³/mol. The summed E-state index contributed by atoms with van der Waals surface area (Å²) in [5.41, 5.74) is -0.101. The summed E-state index contributed by atoms with van der Waals surface area (Å²) in [4.78, 5) is 15.9. The molecule has 114 valence electrons. The van der Waals surface area contributed by atoms with Crippen molar-refractivity contribution in [2.75, 3.05) is 4.72 Å². The van der Waals surface area contributed by atoms with Crippen LogP contribution in [0.4, 0.5) is 14.5 Å². The van der Waals surface area contributed by atoms with Gasteiger partial charge < -0.3 is 9.97 Å². The lowest BCUT2D eigenvalue weighted by atomic mass is 10.3. The van der Waals surface area contributed by atoms with Crippen LogP contribution in [0.3, 0.4) is 0 Å². The fourth-order valence-electron chi connectivity index (χ4n) is 1.95. The number of sulfonamides is 1. The monoisotopic (exact) mass is 325 g/mol. The van der Waals surface area contributed by atoms with Crippen LogP contribution in [0.25, 0.3) is 11.0 Å². The third-order valence-electron chi connectivity index (χ3n) is 2.97. The Hall–Kier alpha value is -2.68. The number of benzene rings is 2. The number of hydrogen-bond donors (Lipinski definition) is 3. The molecule has 0 fully saturated rings.